The predicted octanol–water partition coefficient (Wildman–Crippen LogP) is 1.56. The number of ether oxygens (including phenoxy) is 1. The van der Waals surface area contributed by atoms with Gasteiger partial charge in [0.2, 0.25) is 0 Å². The molecule has 0 aromatic carbocycles. The van der Waals surface area contributed by atoms with Crippen LogP contribution >= 0.6 is 12.2 Å². The minimum Gasteiger partial charge on any atom is -0.393 e. The van der Waals surface area contributed by atoms with Crippen molar-refractivity contribution in [3.8, 4) is 0 Å². The number of rotatable bonds is 3. The van der Waals surface area contributed by atoms with Gasteiger partial charge in [0.1, 0.15) is 5.92 Å². The second-order valence-electron chi connectivity index (χ2n) is 4.84. The first kappa shape index (κ1) is 14.7. The van der Waals surface area contributed by atoms with Crippen molar-refractivity contribution in [1.82, 2.24) is 4.90 Å². The van der Waals surface area contributed by atoms with Gasteiger partial charge in [0.15, 0.2) is 0 Å². The van der Waals surface area contributed by atoms with Crippen LogP contribution in [-0.2, 0) is 4.74 Å². The first-order valence-electron chi connectivity index (χ1n) is 5.34. The lowest BCUT2D eigenvalue weighted by atomic mass is 10.0. The van der Waals surface area contributed by atoms with Crippen molar-refractivity contribution in [3.05, 3.63) is 0 Å². The summed E-state index contributed by atoms with van der Waals surface area (Å²) in [6.45, 7) is 4.85. The fourth-order valence-corrected chi connectivity index (χ4v) is 2.09. The van der Waals surface area contributed by atoms with Gasteiger partial charge in [-0.2, -0.15) is 13.2 Å². The number of halogens is 3. The molecule has 1 fully saturated rings. The molecule has 1 unspecified atom stereocenters. The highest BCUT2D eigenvalue weighted by atomic mass is 32.1. The van der Waals surface area contributed by atoms with Gasteiger partial charge in [0.05, 0.1) is 17.2 Å². The Hall–Kier alpha value is -0.400. The summed E-state index contributed by atoms with van der Waals surface area (Å²) in [6.07, 6.45) is -4.38. The van der Waals surface area contributed by atoms with Crippen molar-refractivity contribution < 1.29 is 17.9 Å². The van der Waals surface area contributed by atoms with Gasteiger partial charge in [0.25, 0.3) is 0 Å². The molecule has 0 amide bonds. The highest BCUT2D eigenvalue weighted by molar-refractivity contribution is 7.80. The summed E-state index contributed by atoms with van der Waals surface area (Å²) in [7, 11) is 0. The van der Waals surface area contributed by atoms with E-state index in [-0.39, 0.29) is 6.54 Å². The van der Waals surface area contributed by atoms with E-state index in [1.807, 2.05) is 13.8 Å². The first-order chi connectivity index (χ1) is 7.62. The Morgan fingerprint density at radius 1 is 1.53 bits per heavy atom. The Balaban J connectivity index is 2.65. The lowest BCUT2D eigenvalue weighted by Gasteiger charge is -2.39. The van der Waals surface area contributed by atoms with E-state index in [4.69, 9.17) is 10.5 Å². The van der Waals surface area contributed by atoms with Crippen LogP contribution in [0.4, 0.5) is 13.2 Å². The predicted molar refractivity (Wildman–Crippen MR) is 62.8 cm³/mol. The Labute approximate surface area is 104 Å². The summed E-state index contributed by atoms with van der Waals surface area (Å²) in [6, 6.07) is 0. The standard InChI is InChI=1S/C10H17F3N2OS/c1-9(2)6-15(3-4-16-9)5-7(8(14)17)10(11,12)13/h7H,3-6H2,1-2H3,(H2,14,17). The van der Waals surface area contributed by atoms with E-state index in [2.05, 4.69) is 12.2 Å². The number of hydrogen-bond acceptors (Lipinski definition) is 3. The molecule has 0 saturated carbocycles. The van der Waals surface area contributed by atoms with E-state index >= 15 is 0 Å². The molecule has 2 N–H and O–H groups in total. The number of alkyl halides is 3. The van der Waals surface area contributed by atoms with Gasteiger partial charge in [-0.1, -0.05) is 12.2 Å². The zero-order valence-electron chi connectivity index (χ0n) is 9.88. The largest absolute Gasteiger partial charge is 0.399 e. The maximum absolute atomic E-state index is 12.7. The molecule has 7 heteroatoms. The van der Waals surface area contributed by atoms with Crippen molar-refractivity contribution in [2.24, 2.45) is 11.7 Å². The normalized spacial score (nSPS) is 23.4. The molecular formula is C10H17F3N2OS. The molecule has 1 aliphatic heterocycles. The summed E-state index contributed by atoms with van der Waals surface area (Å²) in [5.74, 6) is -1.74. The van der Waals surface area contributed by atoms with E-state index in [9.17, 15) is 13.2 Å². The van der Waals surface area contributed by atoms with Gasteiger partial charge in [-0.15, -0.1) is 0 Å². The number of nitrogens with two attached hydrogens (primary N) is 1. The molecule has 1 saturated heterocycles. The minimum atomic E-state index is -4.38. The summed E-state index contributed by atoms with van der Waals surface area (Å²) >= 11 is 4.49. The van der Waals surface area contributed by atoms with Gasteiger partial charge < -0.3 is 10.5 Å². The highest BCUT2D eigenvalue weighted by Crippen LogP contribution is 2.28. The van der Waals surface area contributed by atoms with E-state index in [1.165, 1.54) is 0 Å². The topological polar surface area (TPSA) is 38.5 Å². The number of nitrogens with zero attached hydrogens (tertiary/aromatic N) is 1. The van der Waals surface area contributed by atoms with E-state index in [0.717, 1.165) is 0 Å². The van der Waals surface area contributed by atoms with Gasteiger partial charge in [-0.3, -0.25) is 4.90 Å². The summed E-state index contributed by atoms with van der Waals surface area (Å²) < 4.78 is 43.5. The highest BCUT2D eigenvalue weighted by Gasteiger charge is 2.43. The van der Waals surface area contributed by atoms with Crippen LogP contribution in [0.3, 0.4) is 0 Å². The molecular weight excluding hydrogens is 253 g/mol. The van der Waals surface area contributed by atoms with Crippen LogP contribution in [0.5, 0.6) is 0 Å². The Morgan fingerprint density at radius 3 is 2.53 bits per heavy atom. The van der Waals surface area contributed by atoms with E-state index < -0.39 is 22.7 Å². The van der Waals surface area contributed by atoms with Crippen LogP contribution in [0.25, 0.3) is 0 Å². The third-order valence-electron chi connectivity index (χ3n) is 2.68. The first-order valence-corrected chi connectivity index (χ1v) is 5.75. The van der Waals surface area contributed by atoms with Gasteiger partial charge in [-0.05, 0) is 13.8 Å². The fraction of sp³-hybridized carbons (Fsp3) is 0.900. The van der Waals surface area contributed by atoms with Crippen molar-refractivity contribution in [2.45, 2.75) is 25.6 Å². The molecule has 100 valence electrons. The molecule has 1 heterocycles. The summed E-state index contributed by atoms with van der Waals surface area (Å²) in [4.78, 5) is 1.20. The number of morpholine rings is 1. The van der Waals surface area contributed by atoms with Crippen LogP contribution in [0, 0.1) is 5.92 Å². The maximum atomic E-state index is 12.7. The molecule has 1 rings (SSSR count). The molecule has 0 radical (unpaired) electrons. The molecule has 17 heavy (non-hydrogen) atoms. The Morgan fingerprint density at radius 2 is 2.12 bits per heavy atom. The van der Waals surface area contributed by atoms with Crippen LogP contribution in [-0.4, -0.2) is 47.9 Å². The van der Waals surface area contributed by atoms with Crippen LogP contribution in [0.1, 0.15) is 13.8 Å². The van der Waals surface area contributed by atoms with Gasteiger partial charge >= 0.3 is 6.18 Å². The third-order valence-corrected chi connectivity index (χ3v) is 2.97. The van der Waals surface area contributed by atoms with Gasteiger partial charge in [-0.25, -0.2) is 0 Å². The molecule has 1 aliphatic rings. The van der Waals surface area contributed by atoms with Crippen molar-refractivity contribution in [2.75, 3.05) is 26.2 Å². The van der Waals surface area contributed by atoms with Crippen molar-refractivity contribution in [3.63, 3.8) is 0 Å². The quantitative estimate of drug-likeness (QED) is 0.790. The lowest BCUT2D eigenvalue weighted by molar-refractivity contribution is -0.166. The fourth-order valence-electron chi connectivity index (χ4n) is 1.88. The monoisotopic (exact) mass is 270 g/mol. The Kier molecular flexibility index (Phi) is 4.38. The molecule has 0 aromatic heterocycles. The molecule has 3 nitrogen and oxygen atoms in total. The number of thiocarbonyl (C=S) groups is 1. The second-order valence-corrected chi connectivity index (χ2v) is 5.31. The average molecular weight is 270 g/mol. The molecule has 0 aromatic rings. The molecule has 0 aliphatic carbocycles. The third kappa shape index (κ3) is 4.40. The van der Waals surface area contributed by atoms with Crippen LogP contribution in [0.2, 0.25) is 0 Å². The maximum Gasteiger partial charge on any atom is 0.399 e. The average Bonchev–Trinajstić information content (AvgIpc) is 2.10. The summed E-state index contributed by atoms with van der Waals surface area (Å²) in [5.41, 5.74) is 4.74. The zero-order chi connectivity index (χ0) is 13.3. The van der Waals surface area contributed by atoms with Crippen molar-refractivity contribution >= 4 is 17.2 Å². The van der Waals surface area contributed by atoms with Gasteiger partial charge in [0, 0.05) is 19.6 Å². The zero-order valence-corrected chi connectivity index (χ0v) is 10.7. The van der Waals surface area contributed by atoms with E-state index in [1.54, 1.807) is 4.90 Å². The Bertz CT molecular complexity index is 294. The minimum absolute atomic E-state index is 0.189. The van der Waals surface area contributed by atoms with E-state index in [0.29, 0.717) is 19.7 Å². The lowest BCUT2D eigenvalue weighted by Crippen LogP contribution is -2.52. The second kappa shape index (κ2) is 5.07. The molecule has 1 atom stereocenters. The van der Waals surface area contributed by atoms with Crippen LogP contribution in [0.15, 0.2) is 0 Å². The number of hydrogen-bond donors (Lipinski definition) is 1. The molecule has 0 spiro atoms. The SMILES string of the molecule is CC1(C)CN(CC(C(N)=S)C(F)(F)F)CCO1. The molecule has 0 bridgehead atoms. The summed E-state index contributed by atoms with van der Waals surface area (Å²) in [5, 5.41) is 0. The van der Waals surface area contributed by atoms with Crippen molar-refractivity contribution in [1.29, 1.82) is 0 Å². The van der Waals surface area contributed by atoms with Crippen LogP contribution < -0.4 is 5.73 Å². The smallest absolute Gasteiger partial charge is 0.393 e.